The monoisotopic (exact) mass is 259 g/mol. The van der Waals surface area contributed by atoms with Crippen LogP contribution in [-0.2, 0) is 0 Å². The molecule has 0 aliphatic heterocycles. The summed E-state index contributed by atoms with van der Waals surface area (Å²) in [6, 6.07) is 7.46. The van der Waals surface area contributed by atoms with Crippen LogP contribution in [0.5, 0.6) is 0 Å². The predicted molar refractivity (Wildman–Crippen MR) is 70.1 cm³/mol. The summed E-state index contributed by atoms with van der Waals surface area (Å²) >= 11 is 0. The number of rotatable bonds is 1. The molecule has 3 aromatic rings. The summed E-state index contributed by atoms with van der Waals surface area (Å²) in [4.78, 5) is 4.14. The topological polar surface area (TPSA) is 43.8 Å². The van der Waals surface area contributed by atoms with E-state index in [-0.39, 0.29) is 11.3 Å². The van der Waals surface area contributed by atoms with Crippen molar-refractivity contribution in [3.63, 3.8) is 0 Å². The second-order valence-corrected chi connectivity index (χ2v) is 4.42. The van der Waals surface area contributed by atoms with Gasteiger partial charge < -0.3 is 5.73 Å². The molecule has 1 heterocycles. The molecule has 2 N–H and O–H groups in total. The molecule has 0 atom stereocenters. The van der Waals surface area contributed by atoms with Crippen molar-refractivity contribution in [1.29, 1.82) is 0 Å². The highest BCUT2D eigenvalue weighted by Crippen LogP contribution is 2.24. The number of halogens is 2. The van der Waals surface area contributed by atoms with Gasteiger partial charge >= 0.3 is 0 Å². The van der Waals surface area contributed by atoms with Gasteiger partial charge in [0.1, 0.15) is 18.0 Å². The van der Waals surface area contributed by atoms with E-state index in [2.05, 4.69) is 4.98 Å². The Bertz CT molecular complexity index is 778. The number of nitrogen functional groups attached to an aromatic ring is 1. The lowest BCUT2D eigenvalue weighted by Gasteiger charge is -2.07. The first-order valence-electron chi connectivity index (χ1n) is 5.75. The van der Waals surface area contributed by atoms with Crippen molar-refractivity contribution < 1.29 is 8.78 Å². The molecule has 19 heavy (non-hydrogen) atoms. The number of nitrogens with zero attached hydrogens (tertiary/aromatic N) is 2. The average Bonchev–Trinajstić information content (AvgIpc) is 2.76. The molecule has 0 saturated carbocycles. The van der Waals surface area contributed by atoms with E-state index < -0.39 is 11.6 Å². The first-order chi connectivity index (χ1) is 9.06. The van der Waals surface area contributed by atoms with Crippen LogP contribution < -0.4 is 5.73 Å². The van der Waals surface area contributed by atoms with E-state index in [4.69, 9.17) is 5.73 Å². The van der Waals surface area contributed by atoms with Crippen molar-refractivity contribution in [2.24, 2.45) is 0 Å². The molecule has 5 heteroatoms. The molecule has 3 nitrogen and oxygen atoms in total. The lowest BCUT2D eigenvalue weighted by atomic mass is 10.2. The highest BCUT2D eigenvalue weighted by atomic mass is 19.1. The number of imidazole rings is 1. The van der Waals surface area contributed by atoms with E-state index in [1.54, 1.807) is 18.2 Å². The fourth-order valence-corrected chi connectivity index (χ4v) is 2.04. The summed E-state index contributed by atoms with van der Waals surface area (Å²) in [5.74, 6) is -0.941. The molecule has 96 valence electrons. The number of hydrogen-bond acceptors (Lipinski definition) is 2. The number of fused-ring (bicyclic) bond motifs is 1. The molecule has 0 saturated heterocycles. The second-order valence-electron chi connectivity index (χ2n) is 4.42. The van der Waals surface area contributed by atoms with Gasteiger partial charge in [0, 0.05) is 11.8 Å². The number of benzene rings is 2. The molecular weight excluding hydrogens is 248 g/mol. The zero-order chi connectivity index (χ0) is 13.6. The Kier molecular flexibility index (Phi) is 2.48. The molecule has 2 aromatic carbocycles. The Morgan fingerprint density at radius 2 is 1.89 bits per heavy atom. The van der Waals surface area contributed by atoms with E-state index in [0.29, 0.717) is 16.7 Å². The van der Waals surface area contributed by atoms with Crippen molar-refractivity contribution in [3.8, 4) is 5.69 Å². The second kappa shape index (κ2) is 4.05. The minimum absolute atomic E-state index is 0.135. The lowest BCUT2D eigenvalue weighted by Crippen LogP contribution is -1.99. The van der Waals surface area contributed by atoms with Gasteiger partial charge in [-0.1, -0.05) is 0 Å². The zero-order valence-corrected chi connectivity index (χ0v) is 10.2. The van der Waals surface area contributed by atoms with Crippen LogP contribution in [0.3, 0.4) is 0 Å². The summed E-state index contributed by atoms with van der Waals surface area (Å²) in [7, 11) is 0. The normalized spacial score (nSPS) is 11.1. The summed E-state index contributed by atoms with van der Waals surface area (Å²) < 4.78 is 29.1. The number of aromatic nitrogens is 2. The van der Waals surface area contributed by atoms with Gasteiger partial charge in [0.15, 0.2) is 0 Å². The molecule has 0 amide bonds. The third-order valence-electron chi connectivity index (χ3n) is 3.06. The molecule has 0 radical (unpaired) electrons. The van der Waals surface area contributed by atoms with Crippen molar-refractivity contribution >= 4 is 16.7 Å². The Morgan fingerprint density at radius 1 is 1.11 bits per heavy atom. The first kappa shape index (κ1) is 11.6. The maximum absolute atomic E-state index is 14.0. The molecule has 0 spiro atoms. The number of nitrogens with two attached hydrogens (primary N) is 1. The molecule has 3 rings (SSSR count). The van der Waals surface area contributed by atoms with Gasteiger partial charge in [0.2, 0.25) is 0 Å². The standard InChI is InChI=1S/C14H11F2N3/c1-8-4-11(16)14(6-10(8)15)19-7-18-12-5-9(17)2-3-13(12)19/h2-7H,17H2,1H3. The number of hydrogen-bond donors (Lipinski definition) is 1. The highest BCUT2D eigenvalue weighted by molar-refractivity contribution is 5.80. The Balaban J connectivity index is 2.28. The third-order valence-corrected chi connectivity index (χ3v) is 3.06. The first-order valence-corrected chi connectivity index (χ1v) is 5.75. The summed E-state index contributed by atoms with van der Waals surface area (Å²) in [5.41, 5.74) is 7.96. The van der Waals surface area contributed by atoms with Crippen molar-refractivity contribution in [3.05, 3.63) is 53.9 Å². The lowest BCUT2D eigenvalue weighted by molar-refractivity contribution is 0.586. The molecular formula is C14H11F2N3. The van der Waals surface area contributed by atoms with Gasteiger partial charge in [0.25, 0.3) is 0 Å². The molecule has 0 aliphatic rings. The summed E-state index contributed by atoms with van der Waals surface area (Å²) in [5, 5.41) is 0. The quantitative estimate of drug-likeness (QED) is 0.682. The SMILES string of the molecule is Cc1cc(F)c(-n2cnc3cc(N)ccc32)cc1F. The molecule has 0 bridgehead atoms. The van der Waals surface area contributed by atoms with Gasteiger partial charge in [-0.15, -0.1) is 0 Å². The average molecular weight is 259 g/mol. The molecule has 0 aliphatic carbocycles. The van der Waals surface area contributed by atoms with Crippen molar-refractivity contribution in [2.75, 3.05) is 5.73 Å². The van der Waals surface area contributed by atoms with Crippen molar-refractivity contribution in [2.45, 2.75) is 6.92 Å². The van der Waals surface area contributed by atoms with E-state index in [0.717, 1.165) is 0 Å². The Labute approximate surface area is 108 Å². The van der Waals surface area contributed by atoms with E-state index in [9.17, 15) is 8.78 Å². The summed E-state index contributed by atoms with van der Waals surface area (Å²) in [6.07, 6.45) is 1.46. The van der Waals surface area contributed by atoms with Crippen LogP contribution in [0.2, 0.25) is 0 Å². The fraction of sp³-hybridized carbons (Fsp3) is 0.0714. The van der Waals surface area contributed by atoms with Gasteiger partial charge in [-0.25, -0.2) is 13.8 Å². The highest BCUT2D eigenvalue weighted by Gasteiger charge is 2.12. The molecule has 1 aromatic heterocycles. The summed E-state index contributed by atoms with van der Waals surface area (Å²) in [6.45, 7) is 1.52. The largest absolute Gasteiger partial charge is 0.399 e. The Morgan fingerprint density at radius 3 is 2.68 bits per heavy atom. The van der Waals surface area contributed by atoms with Crippen LogP contribution >= 0.6 is 0 Å². The Hall–Kier alpha value is -2.43. The van der Waals surface area contributed by atoms with Crippen molar-refractivity contribution in [1.82, 2.24) is 9.55 Å². The van der Waals surface area contributed by atoms with E-state index in [1.807, 2.05) is 0 Å². The minimum atomic E-state index is -0.491. The van der Waals surface area contributed by atoms with Gasteiger partial charge in [-0.05, 0) is 36.8 Å². The predicted octanol–water partition coefficient (Wildman–Crippen LogP) is 3.19. The van der Waals surface area contributed by atoms with Gasteiger partial charge in [-0.3, -0.25) is 4.57 Å². The number of anilines is 1. The van der Waals surface area contributed by atoms with E-state index in [1.165, 1.54) is 30.0 Å². The third kappa shape index (κ3) is 1.83. The van der Waals surface area contributed by atoms with Gasteiger partial charge in [0.05, 0.1) is 16.7 Å². The fourth-order valence-electron chi connectivity index (χ4n) is 2.04. The molecule has 0 fully saturated rings. The zero-order valence-electron chi connectivity index (χ0n) is 10.2. The minimum Gasteiger partial charge on any atom is -0.399 e. The number of aryl methyl sites for hydroxylation is 1. The van der Waals surface area contributed by atoms with E-state index >= 15 is 0 Å². The maximum Gasteiger partial charge on any atom is 0.147 e. The smallest absolute Gasteiger partial charge is 0.147 e. The van der Waals surface area contributed by atoms with Gasteiger partial charge in [-0.2, -0.15) is 0 Å². The van der Waals surface area contributed by atoms with Crippen LogP contribution in [0.25, 0.3) is 16.7 Å². The van der Waals surface area contributed by atoms with Crippen LogP contribution in [0.1, 0.15) is 5.56 Å². The maximum atomic E-state index is 14.0. The van der Waals surface area contributed by atoms with Crippen LogP contribution in [0, 0.1) is 18.6 Å². The van der Waals surface area contributed by atoms with Crippen LogP contribution in [0.4, 0.5) is 14.5 Å². The molecule has 0 unspecified atom stereocenters. The van der Waals surface area contributed by atoms with Crippen LogP contribution in [-0.4, -0.2) is 9.55 Å². The van der Waals surface area contributed by atoms with Crippen LogP contribution in [0.15, 0.2) is 36.7 Å².